The molecule has 0 aliphatic rings. The van der Waals surface area contributed by atoms with Gasteiger partial charge >= 0.3 is 0 Å². The molecule has 1 N–H and O–H groups in total. The fourth-order valence-corrected chi connectivity index (χ4v) is 1.88. The molecule has 0 bridgehead atoms. The van der Waals surface area contributed by atoms with Gasteiger partial charge in [0, 0.05) is 25.8 Å². The van der Waals surface area contributed by atoms with Gasteiger partial charge in [-0.1, -0.05) is 24.3 Å². The van der Waals surface area contributed by atoms with Crippen LogP contribution in [0, 0.1) is 0 Å². The van der Waals surface area contributed by atoms with Crippen LogP contribution in [0.25, 0.3) is 6.08 Å². The Bertz CT molecular complexity index is 527. The summed E-state index contributed by atoms with van der Waals surface area (Å²) in [5.74, 6) is 0.959. The molecule has 0 saturated heterocycles. The molecule has 2 aromatic rings. The maximum Gasteiger partial charge on any atom is 0.117 e. The highest BCUT2D eigenvalue weighted by atomic mass is 16.3. The van der Waals surface area contributed by atoms with Gasteiger partial charge in [0.1, 0.15) is 5.76 Å². The molecule has 0 amide bonds. The van der Waals surface area contributed by atoms with Gasteiger partial charge in [0.15, 0.2) is 0 Å². The Morgan fingerprint density at radius 3 is 2.55 bits per heavy atom. The molecule has 1 aromatic heterocycles. The highest BCUT2D eigenvalue weighted by Crippen LogP contribution is 2.13. The molecule has 0 spiro atoms. The number of furan rings is 1. The standard InChI is InChI=1S/C17H22N2O/c1-14(18-13-17-5-4-12-20-17)6-7-15-8-10-16(11-9-15)19(2)3/h4-12,14,18H,13H2,1-3H3/b7-6+/t14-/m0/s1. The molecule has 0 radical (unpaired) electrons. The smallest absolute Gasteiger partial charge is 0.117 e. The van der Waals surface area contributed by atoms with E-state index in [1.54, 1.807) is 6.26 Å². The van der Waals surface area contributed by atoms with Crippen LogP contribution in [0.5, 0.6) is 0 Å². The highest BCUT2D eigenvalue weighted by molar-refractivity contribution is 5.55. The minimum absolute atomic E-state index is 0.300. The predicted molar refractivity (Wildman–Crippen MR) is 84.8 cm³/mol. The van der Waals surface area contributed by atoms with Crippen molar-refractivity contribution in [2.45, 2.75) is 19.5 Å². The van der Waals surface area contributed by atoms with E-state index in [1.807, 2.05) is 26.2 Å². The second kappa shape index (κ2) is 6.96. The third-order valence-corrected chi connectivity index (χ3v) is 3.17. The summed E-state index contributed by atoms with van der Waals surface area (Å²) in [5.41, 5.74) is 2.42. The van der Waals surface area contributed by atoms with Crippen molar-refractivity contribution in [2.24, 2.45) is 0 Å². The Morgan fingerprint density at radius 1 is 1.20 bits per heavy atom. The van der Waals surface area contributed by atoms with Gasteiger partial charge in [-0.15, -0.1) is 0 Å². The zero-order valence-corrected chi connectivity index (χ0v) is 12.3. The summed E-state index contributed by atoms with van der Waals surface area (Å²) in [6, 6.07) is 12.7. The fraction of sp³-hybridized carbons (Fsp3) is 0.294. The van der Waals surface area contributed by atoms with Crippen molar-refractivity contribution in [1.82, 2.24) is 5.32 Å². The molecule has 1 heterocycles. The van der Waals surface area contributed by atoms with Gasteiger partial charge < -0.3 is 14.6 Å². The molecule has 1 atom stereocenters. The summed E-state index contributed by atoms with van der Waals surface area (Å²) in [5, 5.41) is 3.40. The topological polar surface area (TPSA) is 28.4 Å². The molecule has 0 fully saturated rings. The molecule has 0 unspecified atom stereocenters. The van der Waals surface area contributed by atoms with Crippen molar-refractivity contribution in [3.8, 4) is 0 Å². The number of nitrogens with zero attached hydrogens (tertiary/aromatic N) is 1. The Labute approximate surface area is 120 Å². The maximum absolute atomic E-state index is 5.29. The summed E-state index contributed by atoms with van der Waals surface area (Å²) in [7, 11) is 4.09. The molecule has 0 aliphatic heterocycles. The minimum Gasteiger partial charge on any atom is -0.468 e. The first-order valence-electron chi connectivity index (χ1n) is 6.86. The van der Waals surface area contributed by atoms with Gasteiger partial charge in [0.2, 0.25) is 0 Å². The molecule has 3 heteroatoms. The molecule has 106 valence electrons. The first kappa shape index (κ1) is 14.4. The lowest BCUT2D eigenvalue weighted by Crippen LogP contribution is -2.22. The van der Waals surface area contributed by atoms with Crippen molar-refractivity contribution in [3.63, 3.8) is 0 Å². The predicted octanol–water partition coefficient (Wildman–Crippen LogP) is 3.54. The third kappa shape index (κ3) is 4.28. The second-order valence-corrected chi connectivity index (χ2v) is 5.09. The van der Waals surface area contributed by atoms with E-state index in [1.165, 1.54) is 11.3 Å². The number of benzene rings is 1. The van der Waals surface area contributed by atoms with E-state index < -0.39 is 0 Å². The summed E-state index contributed by atoms with van der Waals surface area (Å²) in [6.07, 6.45) is 6.00. The van der Waals surface area contributed by atoms with Gasteiger partial charge in [-0.25, -0.2) is 0 Å². The fourth-order valence-electron chi connectivity index (χ4n) is 1.88. The Balaban J connectivity index is 1.85. The van der Waals surface area contributed by atoms with E-state index in [2.05, 4.69) is 53.6 Å². The lowest BCUT2D eigenvalue weighted by molar-refractivity contribution is 0.474. The molecule has 20 heavy (non-hydrogen) atoms. The Hall–Kier alpha value is -2.00. The van der Waals surface area contributed by atoms with E-state index in [0.717, 1.165) is 12.3 Å². The highest BCUT2D eigenvalue weighted by Gasteiger charge is 1.99. The normalized spacial score (nSPS) is 12.8. The maximum atomic E-state index is 5.29. The molecule has 1 aromatic carbocycles. The van der Waals surface area contributed by atoms with Gasteiger partial charge in [-0.2, -0.15) is 0 Å². The summed E-state index contributed by atoms with van der Waals surface area (Å²) < 4.78 is 5.29. The van der Waals surface area contributed by atoms with Crippen molar-refractivity contribution >= 4 is 11.8 Å². The van der Waals surface area contributed by atoms with Crippen LogP contribution in [-0.2, 0) is 6.54 Å². The lowest BCUT2D eigenvalue weighted by atomic mass is 10.1. The molecule has 3 nitrogen and oxygen atoms in total. The van der Waals surface area contributed by atoms with Crippen molar-refractivity contribution in [2.75, 3.05) is 19.0 Å². The van der Waals surface area contributed by atoms with Gasteiger partial charge in [-0.05, 0) is 36.8 Å². The average Bonchev–Trinajstić information content (AvgIpc) is 2.96. The summed E-state index contributed by atoms with van der Waals surface area (Å²) >= 11 is 0. The monoisotopic (exact) mass is 270 g/mol. The largest absolute Gasteiger partial charge is 0.468 e. The van der Waals surface area contributed by atoms with Crippen LogP contribution in [0.15, 0.2) is 53.2 Å². The van der Waals surface area contributed by atoms with Crippen molar-refractivity contribution < 1.29 is 4.42 Å². The van der Waals surface area contributed by atoms with Gasteiger partial charge in [0.05, 0.1) is 12.8 Å². The van der Waals surface area contributed by atoms with Crippen LogP contribution in [0.1, 0.15) is 18.2 Å². The van der Waals surface area contributed by atoms with Crippen LogP contribution in [0.3, 0.4) is 0 Å². The lowest BCUT2D eigenvalue weighted by Gasteiger charge is -2.12. The van der Waals surface area contributed by atoms with E-state index in [-0.39, 0.29) is 0 Å². The summed E-state index contributed by atoms with van der Waals surface area (Å²) in [6.45, 7) is 2.88. The van der Waals surface area contributed by atoms with Crippen LogP contribution in [-0.4, -0.2) is 20.1 Å². The van der Waals surface area contributed by atoms with Crippen molar-refractivity contribution in [1.29, 1.82) is 0 Å². The molecule has 0 aliphatic carbocycles. The SMILES string of the molecule is C[C@@H](/C=C/c1ccc(N(C)C)cc1)NCc1ccco1. The zero-order valence-electron chi connectivity index (χ0n) is 12.3. The third-order valence-electron chi connectivity index (χ3n) is 3.17. The van der Waals surface area contributed by atoms with Gasteiger partial charge in [0.25, 0.3) is 0 Å². The number of hydrogen-bond acceptors (Lipinski definition) is 3. The molecule has 0 saturated carbocycles. The van der Waals surface area contributed by atoms with Crippen LogP contribution < -0.4 is 10.2 Å². The Morgan fingerprint density at radius 2 is 1.95 bits per heavy atom. The quantitative estimate of drug-likeness (QED) is 0.870. The average molecular weight is 270 g/mol. The van der Waals surface area contributed by atoms with Crippen LogP contribution >= 0.6 is 0 Å². The number of anilines is 1. The first-order valence-corrected chi connectivity index (χ1v) is 6.86. The minimum atomic E-state index is 0.300. The van der Waals surface area contributed by atoms with Crippen LogP contribution in [0.4, 0.5) is 5.69 Å². The molecule has 2 rings (SSSR count). The van der Waals surface area contributed by atoms with E-state index in [0.29, 0.717) is 6.04 Å². The van der Waals surface area contributed by atoms with E-state index in [4.69, 9.17) is 4.42 Å². The van der Waals surface area contributed by atoms with E-state index >= 15 is 0 Å². The van der Waals surface area contributed by atoms with Crippen molar-refractivity contribution in [3.05, 3.63) is 60.1 Å². The molecular weight excluding hydrogens is 248 g/mol. The number of nitrogens with one attached hydrogen (secondary N) is 1. The Kier molecular flexibility index (Phi) is 5.02. The van der Waals surface area contributed by atoms with Gasteiger partial charge in [-0.3, -0.25) is 0 Å². The molecular formula is C17H22N2O. The first-order chi connectivity index (χ1) is 9.65. The number of hydrogen-bond donors (Lipinski definition) is 1. The number of rotatable bonds is 6. The van der Waals surface area contributed by atoms with E-state index in [9.17, 15) is 0 Å². The zero-order chi connectivity index (χ0) is 14.4. The summed E-state index contributed by atoms with van der Waals surface area (Å²) in [4.78, 5) is 2.10. The second-order valence-electron chi connectivity index (χ2n) is 5.09. The van der Waals surface area contributed by atoms with Crippen LogP contribution in [0.2, 0.25) is 0 Å².